The van der Waals surface area contributed by atoms with Crippen LogP contribution in [-0.4, -0.2) is 6.54 Å². The zero-order chi connectivity index (χ0) is 10.4. The number of nitrogens with one attached hydrogen (secondary N) is 1. The molecule has 2 unspecified atom stereocenters. The first-order valence-electron chi connectivity index (χ1n) is 5.50. The number of hydrogen-bond donors (Lipinski definition) is 1. The van der Waals surface area contributed by atoms with Crippen molar-refractivity contribution in [1.29, 1.82) is 0 Å². The molecular weight excluding hydrogens is 174 g/mol. The molecule has 0 spiro atoms. The molecule has 0 aromatic carbocycles. The Morgan fingerprint density at radius 3 is 2.79 bits per heavy atom. The Morgan fingerprint density at radius 2 is 2.21 bits per heavy atom. The van der Waals surface area contributed by atoms with Crippen molar-refractivity contribution in [3.8, 4) is 0 Å². The molecule has 1 aromatic rings. The van der Waals surface area contributed by atoms with Crippen LogP contribution in [0.25, 0.3) is 0 Å². The van der Waals surface area contributed by atoms with Crippen LogP contribution in [-0.2, 0) is 0 Å². The van der Waals surface area contributed by atoms with Crippen molar-refractivity contribution < 1.29 is 4.42 Å². The van der Waals surface area contributed by atoms with Crippen LogP contribution in [0, 0.1) is 5.92 Å². The highest BCUT2D eigenvalue weighted by atomic mass is 16.3. The molecule has 0 aliphatic rings. The molecule has 0 bridgehead atoms. The molecule has 14 heavy (non-hydrogen) atoms. The lowest BCUT2D eigenvalue weighted by Gasteiger charge is -2.15. The number of furan rings is 1. The molecule has 0 saturated heterocycles. The molecule has 2 heteroatoms. The standard InChI is InChI=1S/C12H21NO/c1-4-6-10(2)9-13-11(3)12-7-5-8-14-12/h5,7-8,10-11,13H,4,6,9H2,1-3H3. The Hall–Kier alpha value is -0.760. The Balaban J connectivity index is 2.24. The van der Waals surface area contributed by atoms with E-state index in [1.165, 1.54) is 12.8 Å². The monoisotopic (exact) mass is 195 g/mol. The quantitative estimate of drug-likeness (QED) is 0.753. The van der Waals surface area contributed by atoms with Gasteiger partial charge in [-0.3, -0.25) is 0 Å². The zero-order valence-corrected chi connectivity index (χ0v) is 9.42. The van der Waals surface area contributed by atoms with Crippen LogP contribution in [0.1, 0.15) is 45.4 Å². The van der Waals surface area contributed by atoms with Crippen molar-refractivity contribution in [1.82, 2.24) is 5.32 Å². The normalized spacial score (nSPS) is 15.4. The van der Waals surface area contributed by atoms with Crippen molar-refractivity contribution in [2.75, 3.05) is 6.54 Å². The molecule has 2 nitrogen and oxygen atoms in total. The molecule has 0 aliphatic carbocycles. The molecule has 0 fully saturated rings. The maximum atomic E-state index is 5.33. The zero-order valence-electron chi connectivity index (χ0n) is 9.42. The minimum absolute atomic E-state index is 0.323. The summed E-state index contributed by atoms with van der Waals surface area (Å²) in [4.78, 5) is 0. The summed E-state index contributed by atoms with van der Waals surface area (Å²) in [5.74, 6) is 1.77. The lowest BCUT2D eigenvalue weighted by Crippen LogP contribution is -2.24. The third-order valence-electron chi connectivity index (χ3n) is 2.52. The minimum Gasteiger partial charge on any atom is -0.468 e. The van der Waals surface area contributed by atoms with Gasteiger partial charge in [0.1, 0.15) is 5.76 Å². The fraction of sp³-hybridized carbons (Fsp3) is 0.667. The van der Waals surface area contributed by atoms with E-state index in [0.717, 1.165) is 18.2 Å². The largest absolute Gasteiger partial charge is 0.468 e. The van der Waals surface area contributed by atoms with E-state index in [4.69, 9.17) is 4.42 Å². The Labute approximate surface area is 86.7 Å². The van der Waals surface area contributed by atoms with Crippen LogP contribution in [0.2, 0.25) is 0 Å². The Bertz CT molecular complexity index is 230. The first-order chi connectivity index (χ1) is 6.74. The van der Waals surface area contributed by atoms with Gasteiger partial charge in [-0.15, -0.1) is 0 Å². The Kier molecular flexibility index (Phi) is 4.74. The molecule has 1 heterocycles. The van der Waals surface area contributed by atoms with Crippen LogP contribution in [0.15, 0.2) is 22.8 Å². The van der Waals surface area contributed by atoms with E-state index in [0.29, 0.717) is 6.04 Å². The average Bonchev–Trinajstić information content (AvgIpc) is 2.67. The third-order valence-corrected chi connectivity index (χ3v) is 2.52. The fourth-order valence-electron chi connectivity index (χ4n) is 1.61. The fourth-order valence-corrected chi connectivity index (χ4v) is 1.61. The average molecular weight is 195 g/mol. The maximum absolute atomic E-state index is 5.33. The first-order valence-corrected chi connectivity index (χ1v) is 5.50. The van der Waals surface area contributed by atoms with Gasteiger partial charge in [0.2, 0.25) is 0 Å². The Morgan fingerprint density at radius 1 is 1.43 bits per heavy atom. The van der Waals surface area contributed by atoms with E-state index < -0.39 is 0 Å². The van der Waals surface area contributed by atoms with E-state index in [9.17, 15) is 0 Å². The molecule has 2 atom stereocenters. The van der Waals surface area contributed by atoms with Crippen molar-refractivity contribution in [2.45, 2.75) is 39.7 Å². The first kappa shape index (κ1) is 11.3. The van der Waals surface area contributed by atoms with E-state index in [1.807, 2.05) is 12.1 Å². The van der Waals surface area contributed by atoms with Crippen molar-refractivity contribution in [2.24, 2.45) is 5.92 Å². The highest BCUT2D eigenvalue weighted by Gasteiger charge is 2.08. The molecule has 0 aliphatic heterocycles. The topological polar surface area (TPSA) is 25.2 Å². The summed E-state index contributed by atoms with van der Waals surface area (Å²) in [6.07, 6.45) is 4.28. The van der Waals surface area contributed by atoms with Gasteiger partial charge in [0.05, 0.1) is 12.3 Å². The van der Waals surface area contributed by atoms with E-state index >= 15 is 0 Å². The maximum Gasteiger partial charge on any atom is 0.120 e. The third kappa shape index (κ3) is 3.54. The molecule has 1 rings (SSSR count). The second-order valence-corrected chi connectivity index (χ2v) is 4.04. The summed E-state index contributed by atoms with van der Waals surface area (Å²) >= 11 is 0. The molecule has 1 N–H and O–H groups in total. The highest BCUT2D eigenvalue weighted by molar-refractivity contribution is 5.02. The van der Waals surface area contributed by atoms with Gasteiger partial charge in [0, 0.05) is 0 Å². The number of hydrogen-bond acceptors (Lipinski definition) is 2. The molecule has 0 saturated carbocycles. The summed E-state index contributed by atoms with van der Waals surface area (Å²) in [5, 5.41) is 3.48. The van der Waals surface area contributed by atoms with E-state index in [2.05, 4.69) is 26.1 Å². The second kappa shape index (κ2) is 5.86. The lowest BCUT2D eigenvalue weighted by molar-refractivity contribution is 0.393. The summed E-state index contributed by atoms with van der Waals surface area (Å²) in [6, 6.07) is 4.27. The molecular formula is C12H21NO. The summed E-state index contributed by atoms with van der Waals surface area (Å²) in [6.45, 7) is 7.71. The SMILES string of the molecule is CCCC(C)CNC(C)c1ccco1. The minimum atomic E-state index is 0.323. The number of rotatable bonds is 6. The predicted molar refractivity (Wildman–Crippen MR) is 59.2 cm³/mol. The van der Waals surface area contributed by atoms with Gasteiger partial charge >= 0.3 is 0 Å². The van der Waals surface area contributed by atoms with Gasteiger partial charge < -0.3 is 9.73 Å². The predicted octanol–water partition coefficient (Wildman–Crippen LogP) is 3.37. The van der Waals surface area contributed by atoms with Crippen LogP contribution in [0.3, 0.4) is 0 Å². The van der Waals surface area contributed by atoms with Crippen molar-refractivity contribution in [3.63, 3.8) is 0 Å². The van der Waals surface area contributed by atoms with Gasteiger partial charge in [-0.05, 0) is 37.9 Å². The molecule has 0 amide bonds. The second-order valence-electron chi connectivity index (χ2n) is 4.04. The summed E-state index contributed by atoms with van der Waals surface area (Å²) < 4.78 is 5.33. The van der Waals surface area contributed by atoms with Crippen LogP contribution in [0.5, 0.6) is 0 Å². The molecule has 1 aromatic heterocycles. The van der Waals surface area contributed by atoms with Gasteiger partial charge in [0.25, 0.3) is 0 Å². The molecule has 0 radical (unpaired) electrons. The van der Waals surface area contributed by atoms with Crippen molar-refractivity contribution >= 4 is 0 Å². The summed E-state index contributed by atoms with van der Waals surface area (Å²) in [7, 11) is 0. The lowest BCUT2D eigenvalue weighted by atomic mass is 10.1. The van der Waals surface area contributed by atoms with Crippen LogP contribution < -0.4 is 5.32 Å². The molecule has 80 valence electrons. The van der Waals surface area contributed by atoms with Crippen LogP contribution >= 0.6 is 0 Å². The van der Waals surface area contributed by atoms with Gasteiger partial charge in [-0.2, -0.15) is 0 Å². The van der Waals surface area contributed by atoms with Gasteiger partial charge in [-0.1, -0.05) is 20.3 Å². The van der Waals surface area contributed by atoms with Crippen molar-refractivity contribution in [3.05, 3.63) is 24.2 Å². The van der Waals surface area contributed by atoms with E-state index in [-0.39, 0.29) is 0 Å². The van der Waals surface area contributed by atoms with E-state index in [1.54, 1.807) is 6.26 Å². The van der Waals surface area contributed by atoms with Crippen LogP contribution in [0.4, 0.5) is 0 Å². The van der Waals surface area contributed by atoms with Gasteiger partial charge in [-0.25, -0.2) is 0 Å². The highest BCUT2D eigenvalue weighted by Crippen LogP contribution is 2.13. The van der Waals surface area contributed by atoms with Gasteiger partial charge in [0.15, 0.2) is 0 Å². The summed E-state index contributed by atoms with van der Waals surface area (Å²) in [5.41, 5.74) is 0. The smallest absolute Gasteiger partial charge is 0.120 e.